The molecular formula is C23H32O2. The highest BCUT2D eigenvalue weighted by Gasteiger charge is 2.63. The van der Waals surface area contributed by atoms with Gasteiger partial charge in [-0.05, 0) is 86.2 Å². The summed E-state index contributed by atoms with van der Waals surface area (Å²) in [4.78, 5) is 24.5. The van der Waals surface area contributed by atoms with Gasteiger partial charge in [-0.1, -0.05) is 32.4 Å². The molecule has 0 heterocycles. The summed E-state index contributed by atoms with van der Waals surface area (Å²) >= 11 is 0. The van der Waals surface area contributed by atoms with Crippen LogP contribution in [-0.2, 0) is 9.59 Å². The highest BCUT2D eigenvalue weighted by Crippen LogP contribution is 2.69. The predicted molar refractivity (Wildman–Crippen MR) is 100 cm³/mol. The predicted octanol–water partition coefficient (Wildman–Crippen LogP) is 5.28. The van der Waals surface area contributed by atoms with E-state index in [0.29, 0.717) is 35.7 Å². The Bertz CT molecular complexity index is 714. The van der Waals surface area contributed by atoms with Crippen LogP contribution in [0.3, 0.4) is 0 Å². The molecule has 0 aromatic heterocycles. The van der Waals surface area contributed by atoms with Gasteiger partial charge in [-0.15, -0.1) is 0 Å². The molecule has 2 saturated carbocycles. The van der Waals surface area contributed by atoms with Crippen LogP contribution in [-0.4, -0.2) is 11.6 Å². The molecule has 4 aliphatic rings. The molecule has 2 nitrogen and oxygen atoms in total. The van der Waals surface area contributed by atoms with Gasteiger partial charge < -0.3 is 0 Å². The highest BCUT2D eigenvalue weighted by molar-refractivity contribution is 5.92. The van der Waals surface area contributed by atoms with Crippen molar-refractivity contribution < 1.29 is 9.59 Å². The van der Waals surface area contributed by atoms with Gasteiger partial charge in [0.05, 0.1) is 0 Å². The van der Waals surface area contributed by atoms with Gasteiger partial charge in [0.1, 0.15) is 5.78 Å². The first-order valence-corrected chi connectivity index (χ1v) is 10.1. The summed E-state index contributed by atoms with van der Waals surface area (Å²) in [6.07, 6.45) is 10.7. The van der Waals surface area contributed by atoms with Crippen LogP contribution in [0.15, 0.2) is 23.3 Å². The Balaban J connectivity index is 1.80. The Labute approximate surface area is 152 Å². The molecule has 0 aliphatic heterocycles. The standard InChI is InChI=1S/C23H32O2/c1-14-12-17-18(21(3)9-6-16(25)13-20(14)21)7-11-23(5)19(17)8-10-22(23,4)15(2)24/h12-13,17-19H,6-11H2,1-5H3/t17?,18?,19?,21?,22-,23?/m1/s1. The van der Waals surface area contributed by atoms with E-state index in [1.165, 1.54) is 24.0 Å². The third-order valence-electron chi connectivity index (χ3n) is 9.21. The van der Waals surface area contributed by atoms with Crippen LogP contribution < -0.4 is 0 Å². The van der Waals surface area contributed by atoms with Gasteiger partial charge in [-0.3, -0.25) is 9.59 Å². The first kappa shape index (κ1) is 17.2. The molecule has 0 saturated heterocycles. The van der Waals surface area contributed by atoms with Crippen molar-refractivity contribution >= 4 is 11.6 Å². The highest BCUT2D eigenvalue weighted by atomic mass is 16.1. The van der Waals surface area contributed by atoms with Gasteiger partial charge in [-0.2, -0.15) is 0 Å². The molecule has 6 atom stereocenters. The zero-order valence-electron chi connectivity index (χ0n) is 16.4. The molecule has 136 valence electrons. The molecule has 2 heteroatoms. The van der Waals surface area contributed by atoms with Crippen LogP contribution >= 0.6 is 0 Å². The number of Topliss-reactive ketones (excluding diaryl/α,β-unsaturated/α-hetero) is 1. The van der Waals surface area contributed by atoms with E-state index >= 15 is 0 Å². The van der Waals surface area contributed by atoms with E-state index in [9.17, 15) is 9.59 Å². The van der Waals surface area contributed by atoms with Gasteiger partial charge in [0.25, 0.3) is 0 Å². The van der Waals surface area contributed by atoms with Crippen molar-refractivity contribution in [2.45, 2.75) is 73.1 Å². The number of rotatable bonds is 1. The summed E-state index contributed by atoms with van der Waals surface area (Å²) in [5, 5.41) is 0. The fraction of sp³-hybridized carbons (Fsp3) is 0.739. The minimum atomic E-state index is -0.163. The molecule has 0 amide bonds. The average Bonchev–Trinajstić information content (AvgIpc) is 2.83. The Hall–Kier alpha value is -1.18. The van der Waals surface area contributed by atoms with Crippen molar-refractivity contribution in [3.05, 3.63) is 23.3 Å². The monoisotopic (exact) mass is 340 g/mol. The molecule has 5 unspecified atom stereocenters. The topological polar surface area (TPSA) is 34.1 Å². The van der Waals surface area contributed by atoms with E-state index < -0.39 is 0 Å². The minimum absolute atomic E-state index is 0.124. The lowest BCUT2D eigenvalue weighted by atomic mass is 9.46. The number of hydrogen-bond donors (Lipinski definition) is 0. The fourth-order valence-corrected chi connectivity index (χ4v) is 7.26. The molecule has 0 N–H and O–H groups in total. The van der Waals surface area contributed by atoms with Crippen LogP contribution in [0.1, 0.15) is 73.1 Å². The summed E-state index contributed by atoms with van der Waals surface area (Å²) in [5.74, 6) is 2.47. The van der Waals surface area contributed by atoms with Crippen LogP contribution in [0, 0.1) is 34.0 Å². The molecule has 0 radical (unpaired) electrons. The van der Waals surface area contributed by atoms with E-state index in [4.69, 9.17) is 0 Å². The van der Waals surface area contributed by atoms with E-state index in [-0.39, 0.29) is 16.2 Å². The summed E-state index contributed by atoms with van der Waals surface area (Å²) in [5.41, 5.74) is 2.73. The van der Waals surface area contributed by atoms with E-state index in [1.807, 2.05) is 6.08 Å². The first-order chi connectivity index (χ1) is 11.6. The average molecular weight is 341 g/mol. The SMILES string of the molecule is CC(=O)[C@@]1(C)CCC2C3C=C(C)C4=CC(=O)CCC4(C)C3CCC21C. The lowest BCUT2D eigenvalue weighted by Crippen LogP contribution is -2.52. The van der Waals surface area contributed by atoms with Crippen molar-refractivity contribution in [2.24, 2.45) is 34.0 Å². The normalized spacial score (nSPS) is 48.8. The smallest absolute Gasteiger partial charge is 0.156 e. The van der Waals surface area contributed by atoms with Crippen molar-refractivity contribution in [3.63, 3.8) is 0 Å². The summed E-state index contributed by atoms with van der Waals surface area (Å²) < 4.78 is 0. The Morgan fingerprint density at radius 3 is 2.44 bits per heavy atom. The Morgan fingerprint density at radius 1 is 1.08 bits per heavy atom. The van der Waals surface area contributed by atoms with Crippen molar-refractivity contribution in [2.75, 3.05) is 0 Å². The van der Waals surface area contributed by atoms with Gasteiger partial charge in [-0.25, -0.2) is 0 Å². The first-order valence-electron chi connectivity index (χ1n) is 10.1. The molecule has 25 heavy (non-hydrogen) atoms. The minimum Gasteiger partial charge on any atom is -0.299 e. The lowest BCUT2D eigenvalue weighted by Gasteiger charge is -2.58. The Kier molecular flexibility index (Phi) is 3.57. The third kappa shape index (κ3) is 2.03. The second kappa shape index (κ2) is 5.18. The van der Waals surface area contributed by atoms with E-state index in [1.54, 1.807) is 6.92 Å². The van der Waals surface area contributed by atoms with Crippen LogP contribution in [0.2, 0.25) is 0 Å². The van der Waals surface area contributed by atoms with E-state index in [0.717, 1.165) is 19.3 Å². The van der Waals surface area contributed by atoms with Crippen molar-refractivity contribution in [1.29, 1.82) is 0 Å². The molecule has 4 rings (SSSR count). The van der Waals surface area contributed by atoms with Gasteiger partial charge in [0.2, 0.25) is 0 Å². The van der Waals surface area contributed by atoms with Gasteiger partial charge in [0.15, 0.2) is 5.78 Å². The second-order valence-electron chi connectivity index (χ2n) is 9.96. The van der Waals surface area contributed by atoms with Crippen molar-refractivity contribution in [3.8, 4) is 0 Å². The van der Waals surface area contributed by atoms with Crippen LogP contribution in [0.25, 0.3) is 0 Å². The maximum Gasteiger partial charge on any atom is 0.156 e. The zero-order chi connectivity index (χ0) is 18.2. The van der Waals surface area contributed by atoms with E-state index in [2.05, 4.69) is 33.8 Å². The molecule has 0 spiro atoms. The maximum atomic E-state index is 12.5. The Morgan fingerprint density at radius 2 is 1.76 bits per heavy atom. The summed E-state index contributed by atoms with van der Waals surface area (Å²) in [6.45, 7) is 11.0. The van der Waals surface area contributed by atoms with Crippen molar-refractivity contribution in [1.82, 2.24) is 0 Å². The van der Waals surface area contributed by atoms with Crippen LogP contribution in [0.5, 0.6) is 0 Å². The number of carbonyl (C=O) groups is 2. The molecule has 0 aromatic rings. The molecule has 0 bridgehead atoms. The fourth-order valence-electron chi connectivity index (χ4n) is 7.26. The quantitative estimate of drug-likeness (QED) is 0.651. The van der Waals surface area contributed by atoms with Gasteiger partial charge in [0, 0.05) is 11.8 Å². The molecule has 2 fully saturated rings. The molecular weight excluding hydrogens is 308 g/mol. The zero-order valence-corrected chi connectivity index (χ0v) is 16.4. The number of ketones is 2. The van der Waals surface area contributed by atoms with Crippen LogP contribution in [0.4, 0.5) is 0 Å². The third-order valence-corrected chi connectivity index (χ3v) is 9.21. The summed E-state index contributed by atoms with van der Waals surface area (Å²) in [7, 11) is 0. The number of carbonyl (C=O) groups excluding carboxylic acids is 2. The largest absolute Gasteiger partial charge is 0.299 e. The molecule has 4 aliphatic carbocycles. The van der Waals surface area contributed by atoms with Gasteiger partial charge >= 0.3 is 0 Å². The number of fused-ring (bicyclic) bond motifs is 5. The molecule has 0 aromatic carbocycles. The summed E-state index contributed by atoms with van der Waals surface area (Å²) in [6, 6.07) is 0. The number of hydrogen-bond acceptors (Lipinski definition) is 2. The lowest BCUT2D eigenvalue weighted by molar-refractivity contribution is -0.136. The second-order valence-corrected chi connectivity index (χ2v) is 9.96. The maximum absolute atomic E-state index is 12.5. The number of allylic oxidation sites excluding steroid dienone is 4.